The predicted molar refractivity (Wildman–Crippen MR) is 127 cm³/mol. The van der Waals surface area contributed by atoms with Gasteiger partial charge in [-0.3, -0.25) is 19.2 Å². The van der Waals surface area contributed by atoms with E-state index in [0.717, 1.165) is 0 Å². The first-order valence-corrected chi connectivity index (χ1v) is 11.2. The molecule has 0 spiro atoms. The predicted octanol–water partition coefficient (Wildman–Crippen LogP) is -2.62. The quantitative estimate of drug-likeness (QED) is 0.118. The lowest BCUT2D eigenvalue weighted by molar-refractivity contribution is -0.142. The maximum absolute atomic E-state index is 12.8. The number of aliphatic hydroxyl groups excluding tert-OH is 1. The Morgan fingerprint density at radius 2 is 1.46 bits per heavy atom. The van der Waals surface area contributed by atoms with Crippen molar-refractivity contribution in [2.24, 2.45) is 11.5 Å². The van der Waals surface area contributed by atoms with Crippen LogP contribution in [-0.2, 0) is 30.4 Å². The van der Waals surface area contributed by atoms with Crippen LogP contribution in [0.3, 0.4) is 0 Å². The Morgan fingerprint density at radius 3 is 1.94 bits per heavy atom. The third kappa shape index (κ3) is 10.2. The van der Waals surface area contributed by atoms with E-state index >= 15 is 0 Å². The van der Waals surface area contributed by atoms with Crippen LogP contribution < -0.4 is 27.4 Å². The molecule has 5 atom stereocenters. The summed E-state index contributed by atoms with van der Waals surface area (Å²) >= 11 is 4.03. The van der Waals surface area contributed by atoms with Crippen molar-refractivity contribution >= 4 is 42.2 Å². The maximum atomic E-state index is 12.8. The molecule has 35 heavy (non-hydrogen) atoms. The number of carbonyl (C=O) groups excluding carboxylic acids is 4. The fourth-order valence-electron chi connectivity index (χ4n) is 2.85. The minimum Gasteiger partial charge on any atom is -0.508 e. The molecule has 0 saturated heterocycles. The second kappa shape index (κ2) is 14.1. The van der Waals surface area contributed by atoms with E-state index in [0.29, 0.717) is 5.56 Å². The fourth-order valence-corrected chi connectivity index (χ4v) is 3.11. The molecular formula is C21H31N5O8S. The Bertz CT molecular complexity index is 911. The molecule has 0 aromatic heterocycles. The highest BCUT2D eigenvalue weighted by Crippen LogP contribution is 2.12. The highest BCUT2D eigenvalue weighted by molar-refractivity contribution is 7.80. The zero-order valence-corrected chi connectivity index (χ0v) is 19.9. The van der Waals surface area contributed by atoms with Gasteiger partial charge in [0, 0.05) is 18.6 Å². The molecule has 0 fully saturated rings. The topological polar surface area (TPSA) is 234 Å². The normalized spacial score (nSPS) is 15.1. The van der Waals surface area contributed by atoms with Crippen LogP contribution in [0.5, 0.6) is 5.75 Å². The summed E-state index contributed by atoms with van der Waals surface area (Å²) < 4.78 is 0. The van der Waals surface area contributed by atoms with Gasteiger partial charge in [0.1, 0.15) is 29.9 Å². The van der Waals surface area contributed by atoms with Crippen LogP contribution in [0.2, 0.25) is 0 Å². The van der Waals surface area contributed by atoms with Crippen molar-refractivity contribution in [1.29, 1.82) is 0 Å². The van der Waals surface area contributed by atoms with Crippen LogP contribution in [0.1, 0.15) is 25.3 Å². The smallest absolute Gasteiger partial charge is 0.326 e. The lowest BCUT2D eigenvalue weighted by atomic mass is 10.1. The van der Waals surface area contributed by atoms with Gasteiger partial charge in [-0.05, 0) is 31.0 Å². The molecule has 1 aromatic carbocycles. The molecule has 0 saturated carbocycles. The number of aromatic hydroxyl groups is 1. The van der Waals surface area contributed by atoms with Crippen molar-refractivity contribution in [2.45, 2.75) is 56.5 Å². The van der Waals surface area contributed by atoms with Gasteiger partial charge in [0.2, 0.25) is 23.6 Å². The zero-order valence-electron chi connectivity index (χ0n) is 19.0. The molecule has 0 aliphatic rings. The summed E-state index contributed by atoms with van der Waals surface area (Å²) in [6.07, 6.45) is -1.79. The second-order valence-corrected chi connectivity index (χ2v) is 8.21. The van der Waals surface area contributed by atoms with E-state index < -0.39 is 59.9 Å². The molecular weight excluding hydrogens is 482 g/mol. The summed E-state index contributed by atoms with van der Waals surface area (Å²) in [6, 6.07) is 0.444. The molecule has 0 aliphatic carbocycles. The number of phenols is 1. The Morgan fingerprint density at radius 1 is 0.943 bits per heavy atom. The summed E-state index contributed by atoms with van der Waals surface area (Å²) in [4.78, 5) is 60.4. The number of primary amides is 1. The molecule has 1 rings (SSSR count). The standard InChI is InChI=1S/C21H31N5O8S/c1-10(27)17(23)20(32)24-13(6-7-16(22)29)18(30)26-15(9-35)19(31)25-14(21(33)34)8-11-2-4-12(28)5-3-11/h2-5,10,13-15,17,27-28,35H,6-9,23H2,1H3,(H2,22,29)(H,24,32)(H,25,31)(H,26,30)(H,33,34). The first-order valence-electron chi connectivity index (χ1n) is 10.6. The van der Waals surface area contributed by atoms with Gasteiger partial charge in [-0.1, -0.05) is 12.1 Å². The number of hydrogen-bond donors (Lipinski definition) is 9. The van der Waals surface area contributed by atoms with E-state index in [1.807, 2.05) is 0 Å². The number of hydrogen-bond acceptors (Lipinski definition) is 9. The summed E-state index contributed by atoms with van der Waals surface area (Å²) in [5, 5.41) is 35.3. The molecule has 0 heterocycles. The fraction of sp³-hybridized carbons (Fsp3) is 0.476. The van der Waals surface area contributed by atoms with Crippen LogP contribution in [0.4, 0.5) is 0 Å². The molecule has 0 aliphatic heterocycles. The number of amides is 4. The Hall–Kier alpha value is -3.36. The number of aliphatic carboxylic acids is 1. The lowest BCUT2D eigenvalue weighted by Gasteiger charge is -2.24. The SMILES string of the molecule is CC(O)C(N)C(=O)NC(CCC(N)=O)C(=O)NC(CS)C(=O)NC(Cc1ccc(O)cc1)C(=O)O. The van der Waals surface area contributed by atoms with Gasteiger partial charge in [0.15, 0.2) is 0 Å². The van der Waals surface area contributed by atoms with Crippen molar-refractivity contribution < 1.29 is 39.3 Å². The van der Waals surface area contributed by atoms with Gasteiger partial charge < -0.3 is 42.7 Å². The zero-order chi connectivity index (χ0) is 26.7. The largest absolute Gasteiger partial charge is 0.508 e. The van der Waals surface area contributed by atoms with Gasteiger partial charge in [0.05, 0.1) is 6.10 Å². The van der Waals surface area contributed by atoms with Crippen LogP contribution in [0.15, 0.2) is 24.3 Å². The summed E-state index contributed by atoms with van der Waals surface area (Å²) in [6.45, 7) is 1.28. The summed E-state index contributed by atoms with van der Waals surface area (Å²) in [5.74, 6) is -4.86. The first-order chi connectivity index (χ1) is 16.3. The van der Waals surface area contributed by atoms with Crippen molar-refractivity contribution in [2.75, 3.05) is 5.75 Å². The number of carboxylic acids is 1. The number of nitrogens with one attached hydrogen (secondary N) is 3. The van der Waals surface area contributed by atoms with E-state index in [9.17, 15) is 39.3 Å². The number of benzene rings is 1. The number of rotatable bonds is 14. The molecule has 0 bridgehead atoms. The highest BCUT2D eigenvalue weighted by atomic mass is 32.1. The second-order valence-electron chi connectivity index (χ2n) is 7.85. The molecule has 0 radical (unpaired) electrons. The van der Waals surface area contributed by atoms with E-state index in [4.69, 9.17) is 11.5 Å². The number of nitrogens with two attached hydrogens (primary N) is 2. The van der Waals surface area contributed by atoms with Crippen LogP contribution in [0, 0.1) is 0 Å². The van der Waals surface area contributed by atoms with Crippen molar-refractivity contribution in [3.63, 3.8) is 0 Å². The van der Waals surface area contributed by atoms with Crippen LogP contribution >= 0.6 is 12.6 Å². The summed E-state index contributed by atoms with van der Waals surface area (Å²) in [5.41, 5.74) is 11.2. The molecule has 4 amide bonds. The molecule has 14 heteroatoms. The average molecular weight is 514 g/mol. The molecule has 5 unspecified atom stereocenters. The van der Waals surface area contributed by atoms with E-state index in [1.54, 1.807) is 0 Å². The molecule has 1 aromatic rings. The summed E-state index contributed by atoms with van der Waals surface area (Å²) in [7, 11) is 0. The number of phenolic OH excluding ortho intramolecular Hbond substituents is 1. The van der Waals surface area contributed by atoms with Crippen molar-refractivity contribution in [3.05, 3.63) is 29.8 Å². The number of carbonyl (C=O) groups is 5. The van der Waals surface area contributed by atoms with Gasteiger partial charge in [-0.25, -0.2) is 4.79 Å². The third-order valence-electron chi connectivity index (χ3n) is 4.94. The van der Waals surface area contributed by atoms with Crippen molar-refractivity contribution in [1.82, 2.24) is 16.0 Å². The van der Waals surface area contributed by atoms with Gasteiger partial charge in [-0.15, -0.1) is 0 Å². The molecule has 13 nitrogen and oxygen atoms in total. The number of carboxylic acid groups (broad SMARTS) is 1. The molecule has 194 valence electrons. The van der Waals surface area contributed by atoms with E-state index in [2.05, 4.69) is 28.6 Å². The Labute approximate surface area is 207 Å². The lowest BCUT2D eigenvalue weighted by Crippen LogP contribution is -2.58. The van der Waals surface area contributed by atoms with Gasteiger partial charge in [0.25, 0.3) is 0 Å². The van der Waals surface area contributed by atoms with Crippen LogP contribution in [-0.4, -0.2) is 80.9 Å². The number of thiol groups is 1. The monoisotopic (exact) mass is 513 g/mol. The molecule has 10 N–H and O–H groups in total. The minimum absolute atomic E-state index is 0.00473. The first kappa shape index (κ1) is 29.7. The maximum Gasteiger partial charge on any atom is 0.326 e. The van der Waals surface area contributed by atoms with Crippen LogP contribution in [0.25, 0.3) is 0 Å². The van der Waals surface area contributed by atoms with Gasteiger partial charge >= 0.3 is 5.97 Å². The Balaban J connectivity index is 2.91. The number of aliphatic hydroxyl groups is 1. The highest BCUT2D eigenvalue weighted by Gasteiger charge is 2.30. The van der Waals surface area contributed by atoms with Gasteiger partial charge in [-0.2, -0.15) is 12.6 Å². The van der Waals surface area contributed by atoms with E-state index in [1.165, 1.54) is 31.2 Å². The minimum atomic E-state index is -1.35. The average Bonchev–Trinajstić information content (AvgIpc) is 2.79. The Kier molecular flexibility index (Phi) is 12.0. The van der Waals surface area contributed by atoms with Crippen molar-refractivity contribution in [3.8, 4) is 5.75 Å². The third-order valence-corrected chi connectivity index (χ3v) is 5.31. The van der Waals surface area contributed by atoms with E-state index in [-0.39, 0.29) is 30.8 Å².